The first-order valence-corrected chi connectivity index (χ1v) is 6.75. The molecule has 100 valence electrons. The van der Waals surface area contributed by atoms with Crippen LogP contribution in [0.3, 0.4) is 0 Å². The van der Waals surface area contributed by atoms with Gasteiger partial charge in [-0.1, -0.05) is 27.2 Å². The first-order chi connectivity index (χ1) is 8.15. The fourth-order valence-electron chi connectivity index (χ4n) is 1.97. The summed E-state index contributed by atoms with van der Waals surface area (Å²) in [5.74, 6) is 0.787. The number of hydrogen-bond acceptors (Lipinski definition) is 3. The van der Waals surface area contributed by atoms with Gasteiger partial charge in [0.1, 0.15) is 0 Å². The molecule has 1 rings (SSSR count). The third-order valence-corrected chi connectivity index (χ3v) is 2.99. The van der Waals surface area contributed by atoms with E-state index < -0.39 is 0 Å². The van der Waals surface area contributed by atoms with Gasteiger partial charge in [-0.05, 0) is 18.8 Å². The van der Waals surface area contributed by atoms with Gasteiger partial charge in [-0.15, -0.1) is 0 Å². The van der Waals surface area contributed by atoms with Crippen LogP contribution in [0.25, 0.3) is 0 Å². The molecule has 1 saturated heterocycles. The van der Waals surface area contributed by atoms with Crippen LogP contribution in [0, 0.1) is 5.92 Å². The Morgan fingerprint density at radius 3 is 2.88 bits per heavy atom. The third kappa shape index (κ3) is 5.04. The van der Waals surface area contributed by atoms with Crippen molar-refractivity contribution in [2.24, 2.45) is 5.92 Å². The summed E-state index contributed by atoms with van der Waals surface area (Å²) in [5, 5.41) is 3.26. The Balaban J connectivity index is 2.16. The summed E-state index contributed by atoms with van der Waals surface area (Å²) in [5.41, 5.74) is 0. The minimum atomic E-state index is 0.0191. The van der Waals surface area contributed by atoms with E-state index in [2.05, 4.69) is 26.1 Å². The predicted octanol–water partition coefficient (Wildman–Crippen LogP) is 1.61. The van der Waals surface area contributed by atoms with Crippen LogP contribution in [-0.2, 0) is 9.53 Å². The highest BCUT2D eigenvalue weighted by Gasteiger charge is 2.30. The second-order valence-corrected chi connectivity index (χ2v) is 5.11. The van der Waals surface area contributed by atoms with E-state index in [0.29, 0.717) is 25.7 Å². The number of carbonyl (C=O) groups excluding carboxylic acids is 1. The highest BCUT2D eigenvalue weighted by atomic mass is 16.5. The fourth-order valence-corrected chi connectivity index (χ4v) is 1.97. The van der Waals surface area contributed by atoms with Crippen molar-refractivity contribution in [2.75, 3.05) is 26.4 Å². The molecule has 0 radical (unpaired) electrons. The molecule has 1 fully saturated rings. The SMILES string of the molecule is CCCCOCCN1CNC(CC(C)C)C1=O. The number of amides is 1. The smallest absolute Gasteiger partial charge is 0.240 e. The average Bonchev–Trinajstić information content (AvgIpc) is 2.60. The van der Waals surface area contributed by atoms with Crippen molar-refractivity contribution in [3.8, 4) is 0 Å². The molecule has 1 aliphatic heterocycles. The van der Waals surface area contributed by atoms with Crippen LogP contribution in [0.5, 0.6) is 0 Å². The number of nitrogens with zero attached hydrogens (tertiary/aromatic N) is 1. The molecule has 1 atom stereocenters. The Labute approximate surface area is 105 Å². The molecule has 0 aliphatic carbocycles. The summed E-state index contributed by atoms with van der Waals surface area (Å²) in [6.07, 6.45) is 3.18. The Morgan fingerprint density at radius 1 is 1.47 bits per heavy atom. The maximum atomic E-state index is 12.0. The van der Waals surface area contributed by atoms with Crippen LogP contribution >= 0.6 is 0 Å². The number of ether oxygens (including phenoxy) is 1. The average molecular weight is 242 g/mol. The lowest BCUT2D eigenvalue weighted by Crippen LogP contribution is -2.33. The normalized spacial score (nSPS) is 20.6. The van der Waals surface area contributed by atoms with Crippen LogP contribution in [0.2, 0.25) is 0 Å². The molecular weight excluding hydrogens is 216 g/mol. The van der Waals surface area contributed by atoms with E-state index in [1.165, 1.54) is 0 Å². The van der Waals surface area contributed by atoms with Crippen LogP contribution in [-0.4, -0.2) is 43.3 Å². The molecule has 0 spiro atoms. The summed E-state index contributed by atoms with van der Waals surface area (Å²) in [6.45, 7) is 9.28. The Hall–Kier alpha value is -0.610. The lowest BCUT2D eigenvalue weighted by molar-refractivity contribution is -0.129. The van der Waals surface area contributed by atoms with Gasteiger partial charge in [0.15, 0.2) is 0 Å². The maximum Gasteiger partial charge on any atom is 0.240 e. The Kier molecular flexibility index (Phi) is 6.52. The molecule has 1 N–H and O–H groups in total. The summed E-state index contributed by atoms with van der Waals surface area (Å²) < 4.78 is 5.48. The van der Waals surface area contributed by atoms with E-state index in [1.807, 2.05) is 4.90 Å². The van der Waals surface area contributed by atoms with Gasteiger partial charge in [-0.2, -0.15) is 0 Å². The monoisotopic (exact) mass is 242 g/mol. The summed E-state index contributed by atoms with van der Waals surface area (Å²) >= 11 is 0. The summed E-state index contributed by atoms with van der Waals surface area (Å²) in [4.78, 5) is 13.8. The molecule has 0 aromatic rings. The molecule has 1 aliphatic rings. The molecule has 1 amide bonds. The van der Waals surface area contributed by atoms with Gasteiger partial charge in [0, 0.05) is 13.2 Å². The zero-order valence-corrected chi connectivity index (χ0v) is 11.4. The van der Waals surface area contributed by atoms with E-state index in [4.69, 9.17) is 4.74 Å². The number of hydrogen-bond donors (Lipinski definition) is 1. The van der Waals surface area contributed by atoms with E-state index >= 15 is 0 Å². The molecule has 1 unspecified atom stereocenters. The topological polar surface area (TPSA) is 41.6 Å². The summed E-state index contributed by atoms with van der Waals surface area (Å²) in [7, 11) is 0. The second-order valence-electron chi connectivity index (χ2n) is 5.11. The molecule has 1 heterocycles. The van der Waals surface area contributed by atoms with Gasteiger partial charge >= 0.3 is 0 Å². The molecule has 4 heteroatoms. The van der Waals surface area contributed by atoms with Crippen molar-refractivity contribution in [3.05, 3.63) is 0 Å². The van der Waals surface area contributed by atoms with E-state index in [1.54, 1.807) is 0 Å². The van der Waals surface area contributed by atoms with Crippen molar-refractivity contribution < 1.29 is 9.53 Å². The van der Waals surface area contributed by atoms with Crippen LogP contribution in [0.15, 0.2) is 0 Å². The number of carbonyl (C=O) groups is 1. The Bertz CT molecular complexity index is 231. The highest BCUT2D eigenvalue weighted by Crippen LogP contribution is 2.12. The van der Waals surface area contributed by atoms with Crippen molar-refractivity contribution in [2.45, 2.75) is 46.1 Å². The second kappa shape index (κ2) is 7.67. The lowest BCUT2D eigenvalue weighted by Gasteiger charge is -2.16. The predicted molar refractivity (Wildman–Crippen MR) is 68.7 cm³/mol. The van der Waals surface area contributed by atoms with Gasteiger partial charge in [-0.25, -0.2) is 0 Å². The van der Waals surface area contributed by atoms with Gasteiger partial charge < -0.3 is 9.64 Å². The van der Waals surface area contributed by atoms with Crippen LogP contribution < -0.4 is 5.32 Å². The minimum Gasteiger partial charge on any atom is -0.380 e. The van der Waals surface area contributed by atoms with E-state index in [0.717, 1.165) is 25.9 Å². The molecule has 4 nitrogen and oxygen atoms in total. The van der Waals surface area contributed by atoms with Crippen molar-refractivity contribution in [1.29, 1.82) is 0 Å². The molecule has 0 bridgehead atoms. The quantitative estimate of drug-likeness (QED) is 0.657. The van der Waals surface area contributed by atoms with Crippen LogP contribution in [0.4, 0.5) is 0 Å². The maximum absolute atomic E-state index is 12.0. The first kappa shape index (κ1) is 14.5. The van der Waals surface area contributed by atoms with Crippen molar-refractivity contribution in [3.63, 3.8) is 0 Å². The van der Waals surface area contributed by atoms with Gasteiger partial charge in [-0.3, -0.25) is 10.1 Å². The zero-order chi connectivity index (χ0) is 12.7. The van der Waals surface area contributed by atoms with Crippen LogP contribution in [0.1, 0.15) is 40.0 Å². The first-order valence-electron chi connectivity index (χ1n) is 6.75. The highest BCUT2D eigenvalue weighted by molar-refractivity contribution is 5.83. The molecular formula is C13H26N2O2. The molecule has 17 heavy (non-hydrogen) atoms. The van der Waals surface area contributed by atoms with Gasteiger partial charge in [0.05, 0.1) is 19.3 Å². The molecule has 0 saturated carbocycles. The van der Waals surface area contributed by atoms with E-state index in [9.17, 15) is 4.79 Å². The number of rotatable bonds is 8. The molecule has 0 aromatic carbocycles. The minimum absolute atomic E-state index is 0.0191. The van der Waals surface area contributed by atoms with Crippen molar-refractivity contribution >= 4 is 5.91 Å². The van der Waals surface area contributed by atoms with Crippen molar-refractivity contribution in [1.82, 2.24) is 10.2 Å². The number of nitrogens with one attached hydrogen (secondary N) is 1. The lowest BCUT2D eigenvalue weighted by atomic mass is 10.0. The third-order valence-electron chi connectivity index (χ3n) is 2.99. The largest absolute Gasteiger partial charge is 0.380 e. The van der Waals surface area contributed by atoms with E-state index in [-0.39, 0.29) is 11.9 Å². The number of unbranched alkanes of at least 4 members (excludes halogenated alkanes) is 1. The standard InChI is InChI=1S/C13H26N2O2/c1-4-5-7-17-8-6-15-10-14-12(13(15)16)9-11(2)3/h11-12,14H,4-10H2,1-3H3. The zero-order valence-electron chi connectivity index (χ0n) is 11.4. The summed E-state index contributed by atoms with van der Waals surface area (Å²) in [6, 6.07) is 0.0191. The fraction of sp³-hybridized carbons (Fsp3) is 0.923. The molecule has 0 aromatic heterocycles. The van der Waals surface area contributed by atoms with Gasteiger partial charge in [0.25, 0.3) is 0 Å². The Morgan fingerprint density at radius 2 is 2.24 bits per heavy atom. The van der Waals surface area contributed by atoms with Gasteiger partial charge in [0.2, 0.25) is 5.91 Å².